The average Bonchev–Trinajstić information content (AvgIpc) is 2.64. The van der Waals surface area contributed by atoms with Gasteiger partial charge in [0.25, 0.3) is 0 Å². The van der Waals surface area contributed by atoms with Gasteiger partial charge in [0.2, 0.25) is 0 Å². The van der Waals surface area contributed by atoms with Gasteiger partial charge in [-0.2, -0.15) is 0 Å². The van der Waals surface area contributed by atoms with Crippen molar-refractivity contribution in [2.75, 3.05) is 13.2 Å². The first-order valence-electron chi connectivity index (χ1n) is 9.07. The van der Waals surface area contributed by atoms with E-state index in [4.69, 9.17) is 9.47 Å². The molecule has 2 saturated heterocycles. The minimum atomic E-state index is -2.29. The third kappa shape index (κ3) is 5.16. The molecule has 2 rings (SSSR count). The molecule has 0 spiro atoms. The maximum absolute atomic E-state index is 10.2. The first-order valence-corrected chi connectivity index (χ1v) is 9.07. The molecule has 12 nitrogen and oxygen atoms in total. The third-order valence-electron chi connectivity index (χ3n) is 5.26. The lowest BCUT2D eigenvalue weighted by molar-refractivity contribution is -0.330. The average molecular weight is 414 g/mol. The van der Waals surface area contributed by atoms with Crippen molar-refractivity contribution < 1.29 is 60.5 Å². The second-order valence-electron chi connectivity index (χ2n) is 7.61. The molecule has 0 aromatic heterocycles. The fourth-order valence-electron chi connectivity index (χ4n) is 3.41. The lowest BCUT2D eigenvalue weighted by Gasteiger charge is -2.43. The SMILES string of the molecule is OC(CCC(O)C[C@@]1(O)OC[C@@H](O)[C@H](O)[C@H]1O)C[C@@]1(O)OC[C@@H](O)[C@H](O)[C@H]1O. The maximum atomic E-state index is 10.2. The summed E-state index contributed by atoms with van der Waals surface area (Å²) in [5.41, 5.74) is 0. The molecule has 10 atom stereocenters. The van der Waals surface area contributed by atoms with Gasteiger partial charge in [-0.1, -0.05) is 0 Å². The van der Waals surface area contributed by atoms with Crippen LogP contribution in [0.1, 0.15) is 25.7 Å². The predicted octanol–water partition coefficient (Wildman–Crippen LogP) is -5.13. The van der Waals surface area contributed by atoms with Crippen LogP contribution in [-0.4, -0.2) is 125 Å². The van der Waals surface area contributed by atoms with E-state index >= 15 is 0 Å². The zero-order chi connectivity index (χ0) is 21.3. The Morgan fingerprint density at radius 1 is 0.679 bits per heavy atom. The standard InChI is InChI=1S/C16H30O12/c17-7(3-15(25)13(23)11(21)9(19)5-27-15)1-2-8(18)4-16(26)14(24)12(22)10(20)6-28-16/h7-14,17-26H,1-6H2/t7?,8?,9-,10-,11+,12+,13-,14-,15-,16-/m1/s1. The Bertz CT molecular complexity index is 464. The van der Waals surface area contributed by atoms with Gasteiger partial charge >= 0.3 is 0 Å². The zero-order valence-electron chi connectivity index (χ0n) is 15.2. The topological polar surface area (TPSA) is 221 Å². The summed E-state index contributed by atoms with van der Waals surface area (Å²) >= 11 is 0. The molecular formula is C16H30O12. The summed E-state index contributed by atoms with van der Waals surface area (Å²) in [4.78, 5) is 0. The van der Waals surface area contributed by atoms with Crippen molar-refractivity contribution in [1.82, 2.24) is 0 Å². The van der Waals surface area contributed by atoms with E-state index in [2.05, 4.69) is 0 Å². The van der Waals surface area contributed by atoms with E-state index in [9.17, 15) is 51.1 Å². The number of aliphatic hydroxyl groups excluding tert-OH is 8. The van der Waals surface area contributed by atoms with Crippen molar-refractivity contribution in [2.45, 2.75) is 86.1 Å². The van der Waals surface area contributed by atoms with E-state index in [1.807, 2.05) is 0 Å². The third-order valence-corrected chi connectivity index (χ3v) is 5.26. The normalized spacial score (nSPS) is 46.9. The molecule has 0 amide bonds. The summed E-state index contributed by atoms with van der Waals surface area (Å²) in [6, 6.07) is 0. The summed E-state index contributed by atoms with van der Waals surface area (Å²) < 4.78 is 9.88. The number of aliphatic hydroxyl groups is 10. The molecule has 0 radical (unpaired) electrons. The fourth-order valence-corrected chi connectivity index (χ4v) is 3.41. The molecule has 0 aromatic carbocycles. The summed E-state index contributed by atoms with van der Waals surface area (Å²) in [5, 5.41) is 98.4. The molecule has 12 heteroatoms. The van der Waals surface area contributed by atoms with E-state index in [1.54, 1.807) is 0 Å². The van der Waals surface area contributed by atoms with Gasteiger partial charge in [-0.15, -0.1) is 0 Å². The van der Waals surface area contributed by atoms with Crippen LogP contribution >= 0.6 is 0 Å². The van der Waals surface area contributed by atoms with Crippen molar-refractivity contribution in [3.8, 4) is 0 Å². The van der Waals surface area contributed by atoms with E-state index in [0.29, 0.717) is 0 Å². The Morgan fingerprint density at radius 2 is 1.00 bits per heavy atom. The Kier molecular flexibility index (Phi) is 7.75. The first-order chi connectivity index (χ1) is 12.9. The van der Waals surface area contributed by atoms with E-state index in [0.717, 1.165) is 0 Å². The molecule has 0 bridgehead atoms. The second-order valence-corrected chi connectivity index (χ2v) is 7.61. The molecule has 0 saturated carbocycles. The molecule has 2 unspecified atom stereocenters. The van der Waals surface area contributed by atoms with Crippen LogP contribution in [-0.2, 0) is 9.47 Å². The summed E-state index contributed by atoms with van der Waals surface area (Å²) in [6.45, 7) is -0.888. The van der Waals surface area contributed by atoms with Gasteiger partial charge < -0.3 is 60.5 Å². The van der Waals surface area contributed by atoms with Gasteiger partial charge in [-0.3, -0.25) is 0 Å². The van der Waals surface area contributed by atoms with Crippen LogP contribution in [0, 0.1) is 0 Å². The molecular weight excluding hydrogens is 384 g/mol. The lowest BCUT2D eigenvalue weighted by Crippen LogP contribution is -2.62. The quantitative estimate of drug-likeness (QED) is 0.189. The molecule has 2 fully saturated rings. The van der Waals surface area contributed by atoms with Gasteiger partial charge in [-0.25, -0.2) is 0 Å². The van der Waals surface area contributed by atoms with Gasteiger partial charge in [0.05, 0.1) is 25.4 Å². The van der Waals surface area contributed by atoms with Gasteiger partial charge in [-0.05, 0) is 12.8 Å². The van der Waals surface area contributed by atoms with Crippen LogP contribution < -0.4 is 0 Å². The lowest BCUT2D eigenvalue weighted by atomic mass is 9.89. The molecule has 28 heavy (non-hydrogen) atoms. The minimum absolute atomic E-state index is 0.116. The van der Waals surface area contributed by atoms with E-state index in [-0.39, 0.29) is 12.8 Å². The molecule has 2 heterocycles. The van der Waals surface area contributed by atoms with Crippen molar-refractivity contribution in [2.24, 2.45) is 0 Å². The largest absolute Gasteiger partial charge is 0.393 e. The highest BCUT2D eigenvalue weighted by atomic mass is 16.7. The summed E-state index contributed by atoms with van der Waals surface area (Å²) in [6.07, 6.45) is -13.6. The molecule has 2 aliphatic heterocycles. The van der Waals surface area contributed by atoms with Crippen molar-refractivity contribution in [3.05, 3.63) is 0 Å². The highest BCUT2D eigenvalue weighted by Gasteiger charge is 2.50. The molecule has 2 aliphatic rings. The maximum Gasteiger partial charge on any atom is 0.197 e. The Morgan fingerprint density at radius 3 is 1.32 bits per heavy atom. The predicted molar refractivity (Wildman–Crippen MR) is 88.3 cm³/mol. The number of rotatable bonds is 7. The van der Waals surface area contributed by atoms with Crippen molar-refractivity contribution >= 4 is 0 Å². The van der Waals surface area contributed by atoms with Crippen LogP contribution in [0.2, 0.25) is 0 Å². The van der Waals surface area contributed by atoms with Gasteiger partial charge in [0, 0.05) is 12.8 Å². The highest BCUT2D eigenvalue weighted by molar-refractivity contribution is 4.94. The van der Waals surface area contributed by atoms with Crippen LogP contribution in [0.5, 0.6) is 0 Å². The minimum Gasteiger partial charge on any atom is -0.393 e. The number of hydrogen-bond donors (Lipinski definition) is 10. The molecule has 0 aromatic rings. The summed E-state index contributed by atoms with van der Waals surface area (Å²) in [7, 11) is 0. The second kappa shape index (κ2) is 9.12. The van der Waals surface area contributed by atoms with Gasteiger partial charge in [0.15, 0.2) is 11.6 Å². The van der Waals surface area contributed by atoms with Crippen molar-refractivity contribution in [3.63, 3.8) is 0 Å². The van der Waals surface area contributed by atoms with E-state index in [1.165, 1.54) is 0 Å². The van der Waals surface area contributed by atoms with Gasteiger partial charge in [0.1, 0.15) is 36.6 Å². The Hall–Kier alpha value is -0.480. The van der Waals surface area contributed by atoms with Crippen LogP contribution in [0.25, 0.3) is 0 Å². The smallest absolute Gasteiger partial charge is 0.197 e. The van der Waals surface area contributed by atoms with Crippen molar-refractivity contribution in [1.29, 1.82) is 0 Å². The monoisotopic (exact) mass is 414 g/mol. The zero-order valence-corrected chi connectivity index (χ0v) is 15.2. The number of ether oxygens (including phenoxy) is 2. The molecule has 166 valence electrons. The molecule has 0 aliphatic carbocycles. The summed E-state index contributed by atoms with van der Waals surface area (Å²) in [5.74, 6) is -4.58. The number of hydrogen-bond acceptors (Lipinski definition) is 12. The Labute approximate surface area is 160 Å². The highest BCUT2D eigenvalue weighted by Crippen LogP contribution is 2.31. The van der Waals surface area contributed by atoms with Crippen LogP contribution in [0.15, 0.2) is 0 Å². The van der Waals surface area contributed by atoms with Crippen LogP contribution in [0.4, 0.5) is 0 Å². The Balaban J connectivity index is 1.83. The van der Waals surface area contributed by atoms with Crippen LogP contribution in [0.3, 0.4) is 0 Å². The fraction of sp³-hybridized carbons (Fsp3) is 1.00. The molecule has 10 N–H and O–H groups in total. The van der Waals surface area contributed by atoms with E-state index < -0.39 is 86.5 Å². The first kappa shape index (κ1) is 23.8.